The molecule has 9 nitrogen and oxygen atoms in total. The van der Waals surface area contributed by atoms with Gasteiger partial charge in [0, 0.05) is 47.9 Å². The van der Waals surface area contributed by atoms with Crippen molar-refractivity contribution >= 4 is 33.9 Å². The van der Waals surface area contributed by atoms with Gasteiger partial charge in [-0.15, -0.1) is 5.10 Å². The number of hydrogen-bond donors (Lipinski definition) is 2. The first kappa shape index (κ1) is 31.0. The number of likely N-dealkylation sites (tertiary alicyclic amines) is 1. The van der Waals surface area contributed by atoms with Gasteiger partial charge in [-0.05, 0) is 57.4 Å². The molecule has 10 heteroatoms. The number of benzene rings is 3. The number of fused-ring (bicyclic) bond motifs is 2. The van der Waals surface area contributed by atoms with Gasteiger partial charge in [0.05, 0.1) is 52.7 Å². The van der Waals surface area contributed by atoms with E-state index in [1.54, 1.807) is 6.20 Å². The van der Waals surface area contributed by atoms with Crippen LogP contribution < -0.4 is 15.4 Å². The third-order valence-corrected chi connectivity index (χ3v) is 9.67. The standard InChI is InChI=1S/C37H39ClN8O/c1-37(2,3)45-16-13-27(14-17-45)46-23-32(43-44-46)35(24-9-5-4-6-10-24)41-26-19-29-34(25(21-39)22-40-36(29)30(38)20-26)42-31-15-18-47-33-12-8-7-11-28(31)33/h4-12,19-20,22-23,27,31,35,41H,13-18H2,1-3H3,(H,40,42)/t31-,35+/m1/s1. The van der Waals surface area contributed by atoms with Crippen LogP contribution in [0.25, 0.3) is 10.9 Å². The lowest BCUT2D eigenvalue weighted by molar-refractivity contribution is 0.0866. The number of para-hydroxylation sites is 1. The molecule has 0 unspecified atom stereocenters. The number of hydrogen-bond acceptors (Lipinski definition) is 8. The van der Waals surface area contributed by atoms with Crippen molar-refractivity contribution in [2.24, 2.45) is 0 Å². The lowest BCUT2D eigenvalue weighted by atomic mass is 9.98. The molecule has 2 N–H and O–H groups in total. The zero-order chi connectivity index (χ0) is 32.5. The summed E-state index contributed by atoms with van der Waals surface area (Å²) in [6.07, 6.45) is 6.50. The van der Waals surface area contributed by atoms with E-state index in [1.165, 1.54) is 0 Å². The summed E-state index contributed by atoms with van der Waals surface area (Å²) in [5.74, 6) is 0.854. The maximum absolute atomic E-state index is 10.1. The predicted molar refractivity (Wildman–Crippen MR) is 186 cm³/mol. The van der Waals surface area contributed by atoms with E-state index in [2.05, 4.69) is 82.1 Å². The minimum atomic E-state index is -0.279. The molecule has 0 radical (unpaired) electrons. The molecule has 0 amide bonds. The number of nitrogens with zero attached hydrogens (tertiary/aromatic N) is 6. The minimum absolute atomic E-state index is 0.0320. The van der Waals surface area contributed by atoms with E-state index in [4.69, 9.17) is 16.3 Å². The summed E-state index contributed by atoms with van der Waals surface area (Å²) in [6, 6.07) is 24.5. The van der Waals surface area contributed by atoms with Crippen molar-refractivity contribution in [3.05, 3.63) is 107 Å². The summed E-state index contributed by atoms with van der Waals surface area (Å²) in [5, 5.41) is 28.1. The number of rotatable bonds is 7. The first-order valence-electron chi connectivity index (χ1n) is 16.3. The summed E-state index contributed by atoms with van der Waals surface area (Å²) >= 11 is 6.91. The fourth-order valence-electron chi connectivity index (χ4n) is 6.79. The van der Waals surface area contributed by atoms with Crippen molar-refractivity contribution in [3.63, 3.8) is 0 Å². The highest BCUT2D eigenvalue weighted by molar-refractivity contribution is 6.35. The van der Waals surface area contributed by atoms with Crippen LogP contribution >= 0.6 is 11.6 Å². The van der Waals surface area contributed by atoms with Gasteiger partial charge in [-0.3, -0.25) is 9.88 Å². The first-order valence-corrected chi connectivity index (χ1v) is 16.6. The van der Waals surface area contributed by atoms with E-state index in [-0.39, 0.29) is 17.6 Å². The van der Waals surface area contributed by atoms with E-state index in [0.717, 1.165) is 66.0 Å². The van der Waals surface area contributed by atoms with Crippen LogP contribution in [-0.4, -0.2) is 50.1 Å². The van der Waals surface area contributed by atoms with Gasteiger partial charge in [0.15, 0.2) is 0 Å². The second-order valence-corrected chi connectivity index (χ2v) is 13.8. The maximum Gasteiger partial charge on any atom is 0.124 e. The van der Waals surface area contributed by atoms with Gasteiger partial charge >= 0.3 is 0 Å². The molecule has 0 saturated carbocycles. The fraction of sp³-hybridized carbons (Fsp3) is 0.351. The Labute approximate surface area is 280 Å². The molecule has 2 aliphatic rings. The van der Waals surface area contributed by atoms with Gasteiger partial charge in [-0.25, -0.2) is 4.68 Å². The van der Waals surface area contributed by atoms with E-state index in [0.29, 0.717) is 34.4 Å². The van der Waals surface area contributed by atoms with Crippen molar-refractivity contribution in [1.29, 1.82) is 5.26 Å². The molecule has 0 aliphatic carbocycles. The molecular weight excluding hydrogens is 608 g/mol. The van der Waals surface area contributed by atoms with Crippen LogP contribution in [0, 0.1) is 11.3 Å². The fourth-order valence-corrected chi connectivity index (χ4v) is 7.06. The summed E-state index contributed by atoms with van der Waals surface area (Å²) in [5.41, 5.74) is 5.68. The zero-order valence-electron chi connectivity index (χ0n) is 26.9. The average molecular weight is 647 g/mol. The second kappa shape index (κ2) is 12.9. The number of anilines is 2. The smallest absolute Gasteiger partial charge is 0.124 e. The Morgan fingerprint density at radius 3 is 2.55 bits per heavy atom. The molecular formula is C37H39ClN8O. The zero-order valence-corrected chi connectivity index (χ0v) is 27.7. The Kier molecular flexibility index (Phi) is 8.48. The summed E-state index contributed by atoms with van der Waals surface area (Å²) in [6.45, 7) is 9.48. The normalized spacial score (nSPS) is 17.8. The van der Waals surface area contributed by atoms with E-state index in [1.807, 2.05) is 53.2 Å². The molecule has 4 heterocycles. The highest BCUT2D eigenvalue weighted by Crippen LogP contribution is 2.40. The van der Waals surface area contributed by atoms with Crippen LogP contribution in [0.2, 0.25) is 5.02 Å². The predicted octanol–water partition coefficient (Wildman–Crippen LogP) is 7.92. The van der Waals surface area contributed by atoms with Crippen LogP contribution in [0.3, 0.4) is 0 Å². The van der Waals surface area contributed by atoms with Crippen molar-refractivity contribution in [2.45, 2.75) is 63.7 Å². The molecule has 0 spiro atoms. The number of aromatic nitrogens is 4. The van der Waals surface area contributed by atoms with Gasteiger partial charge in [0.1, 0.15) is 17.5 Å². The molecule has 1 fully saturated rings. The van der Waals surface area contributed by atoms with Crippen LogP contribution in [0.4, 0.5) is 11.4 Å². The van der Waals surface area contributed by atoms with Crippen molar-refractivity contribution in [2.75, 3.05) is 30.3 Å². The molecule has 1 saturated heterocycles. The topological polar surface area (TPSA) is 104 Å². The molecule has 2 aliphatic heterocycles. The number of piperidine rings is 1. The minimum Gasteiger partial charge on any atom is -0.493 e. The maximum atomic E-state index is 10.1. The first-order chi connectivity index (χ1) is 22.8. The SMILES string of the molecule is CC(C)(C)N1CCC(n2cc([C@@H](Nc3cc(Cl)c4ncc(C#N)c(N[C@@H]5CCOc6ccccc65)c4c3)c3ccccc3)nn2)CC1. The third kappa shape index (κ3) is 6.36. The van der Waals surface area contributed by atoms with Crippen LogP contribution in [-0.2, 0) is 0 Å². The van der Waals surface area contributed by atoms with Crippen LogP contribution in [0.5, 0.6) is 5.75 Å². The summed E-state index contributed by atoms with van der Waals surface area (Å²) in [4.78, 5) is 7.12. The molecule has 240 valence electrons. The number of pyridine rings is 1. The van der Waals surface area contributed by atoms with Crippen LogP contribution in [0.15, 0.2) is 79.1 Å². The molecule has 7 rings (SSSR count). The van der Waals surface area contributed by atoms with Crippen LogP contribution in [0.1, 0.15) is 80.5 Å². The Balaban J connectivity index is 1.22. The monoisotopic (exact) mass is 646 g/mol. The van der Waals surface area contributed by atoms with E-state index >= 15 is 0 Å². The largest absolute Gasteiger partial charge is 0.493 e. The molecule has 2 aromatic heterocycles. The Bertz CT molecular complexity index is 1920. The Morgan fingerprint density at radius 2 is 1.79 bits per heavy atom. The number of nitriles is 1. The number of nitrogens with one attached hydrogen (secondary N) is 2. The van der Waals surface area contributed by atoms with E-state index in [9.17, 15) is 5.26 Å². The Hall–Kier alpha value is -4.65. The molecule has 3 aromatic carbocycles. The van der Waals surface area contributed by atoms with Crippen molar-refractivity contribution in [1.82, 2.24) is 24.9 Å². The summed E-state index contributed by atoms with van der Waals surface area (Å²) < 4.78 is 7.94. The second-order valence-electron chi connectivity index (χ2n) is 13.4. The average Bonchev–Trinajstić information content (AvgIpc) is 3.58. The molecule has 0 bridgehead atoms. The number of ether oxygens (including phenoxy) is 1. The Morgan fingerprint density at radius 1 is 1.02 bits per heavy atom. The number of halogens is 1. The van der Waals surface area contributed by atoms with E-state index < -0.39 is 0 Å². The molecule has 5 aromatic rings. The van der Waals surface area contributed by atoms with Gasteiger partial charge in [-0.2, -0.15) is 5.26 Å². The van der Waals surface area contributed by atoms with Crippen molar-refractivity contribution < 1.29 is 4.74 Å². The van der Waals surface area contributed by atoms with Gasteiger partial charge in [0.25, 0.3) is 0 Å². The van der Waals surface area contributed by atoms with Gasteiger partial charge in [0.2, 0.25) is 0 Å². The van der Waals surface area contributed by atoms with Gasteiger partial charge < -0.3 is 15.4 Å². The quantitative estimate of drug-likeness (QED) is 0.184. The lowest BCUT2D eigenvalue weighted by Crippen LogP contribution is -2.46. The summed E-state index contributed by atoms with van der Waals surface area (Å²) in [7, 11) is 0. The lowest BCUT2D eigenvalue weighted by Gasteiger charge is -2.40. The highest BCUT2D eigenvalue weighted by atomic mass is 35.5. The van der Waals surface area contributed by atoms with Crippen molar-refractivity contribution in [3.8, 4) is 11.8 Å². The van der Waals surface area contributed by atoms with Gasteiger partial charge in [-0.1, -0.05) is 65.3 Å². The highest BCUT2D eigenvalue weighted by Gasteiger charge is 2.29. The molecule has 47 heavy (non-hydrogen) atoms. The third-order valence-electron chi connectivity index (χ3n) is 9.38. The molecule has 2 atom stereocenters.